The van der Waals surface area contributed by atoms with Crippen LogP contribution in [0, 0.1) is 11.3 Å². The summed E-state index contributed by atoms with van der Waals surface area (Å²) in [5.74, 6) is -1.07. The van der Waals surface area contributed by atoms with Crippen molar-refractivity contribution in [2.75, 3.05) is 13.7 Å². The van der Waals surface area contributed by atoms with Crippen molar-refractivity contribution in [3.8, 4) is 11.8 Å². The third-order valence-corrected chi connectivity index (χ3v) is 4.65. The molecule has 0 aromatic heterocycles. The van der Waals surface area contributed by atoms with Gasteiger partial charge in [-0.15, -0.1) is 0 Å². The van der Waals surface area contributed by atoms with Crippen LogP contribution in [0.3, 0.4) is 0 Å². The first-order chi connectivity index (χ1) is 12.4. The molecule has 1 atom stereocenters. The lowest BCUT2D eigenvalue weighted by atomic mass is 9.68. The van der Waals surface area contributed by atoms with E-state index in [0.717, 1.165) is 0 Å². The Balaban J connectivity index is 2.38. The van der Waals surface area contributed by atoms with Crippen molar-refractivity contribution in [1.29, 1.82) is 5.26 Å². The SMILES string of the molecule is C=CCOC(=O)C1=C(C)N(C)C(=O)[C@]12C(C#N)=C(N)Oc1ccccc12. The van der Waals surface area contributed by atoms with Gasteiger partial charge in [-0.2, -0.15) is 5.26 Å². The van der Waals surface area contributed by atoms with Gasteiger partial charge in [-0.05, 0) is 13.0 Å². The van der Waals surface area contributed by atoms with Gasteiger partial charge in [-0.1, -0.05) is 30.9 Å². The number of fused-ring (bicyclic) bond motifs is 2. The lowest BCUT2D eigenvalue weighted by Gasteiger charge is -2.34. The quantitative estimate of drug-likeness (QED) is 0.653. The van der Waals surface area contributed by atoms with Crippen LogP contribution in [-0.2, 0) is 19.7 Å². The van der Waals surface area contributed by atoms with Gasteiger partial charge in [-0.3, -0.25) is 4.79 Å². The molecule has 7 nitrogen and oxygen atoms in total. The Morgan fingerprint density at radius 1 is 1.50 bits per heavy atom. The molecule has 0 radical (unpaired) electrons. The standard InChI is InChI=1S/C19H17N3O4/c1-4-9-25-17(23)15-11(2)22(3)18(24)19(15)12-7-5-6-8-14(12)26-16(21)13(19)10-20/h4-8H,1,9,21H2,2-3H3/t19-/m1/s1. The summed E-state index contributed by atoms with van der Waals surface area (Å²) in [4.78, 5) is 27.5. The van der Waals surface area contributed by atoms with E-state index in [4.69, 9.17) is 15.2 Å². The summed E-state index contributed by atoms with van der Waals surface area (Å²) >= 11 is 0. The van der Waals surface area contributed by atoms with Crippen LogP contribution in [0.25, 0.3) is 0 Å². The van der Waals surface area contributed by atoms with Gasteiger partial charge in [0.1, 0.15) is 24.0 Å². The van der Waals surface area contributed by atoms with Gasteiger partial charge in [0.15, 0.2) is 5.41 Å². The second-order valence-corrected chi connectivity index (χ2v) is 5.91. The van der Waals surface area contributed by atoms with Crippen LogP contribution in [-0.4, -0.2) is 30.4 Å². The molecule has 1 aromatic rings. The zero-order valence-corrected chi connectivity index (χ0v) is 14.4. The molecule has 2 N–H and O–H groups in total. The predicted octanol–water partition coefficient (Wildman–Crippen LogP) is 1.49. The molecule has 2 aliphatic rings. The van der Waals surface area contributed by atoms with E-state index in [0.29, 0.717) is 17.0 Å². The molecule has 0 aliphatic carbocycles. The minimum absolute atomic E-state index is 0.0250. The smallest absolute Gasteiger partial charge is 0.337 e. The molecule has 1 aromatic carbocycles. The average Bonchev–Trinajstić information content (AvgIpc) is 2.82. The number of rotatable bonds is 3. The van der Waals surface area contributed by atoms with Gasteiger partial charge in [0.25, 0.3) is 0 Å². The van der Waals surface area contributed by atoms with E-state index >= 15 is 0 Å². The first-order valence-corrected chi connectivity index (χ1v) is 7.86. The van der Waals surface area contributed by atoms with Crippen LogP contribution in [0.4, 0.5) is 0 Å². The summed E-state index contributed by atoms with van der Waals surface area (Å²) < 4.78 is 10.7. The lowest BCUT2D eigenvalue weighted by Crippen LogP contribution is -2.46. The molecule has 0 bridgehead atoms. The van der Waals surface area contributed by atoms with E-state index in [1.54, 1.807) is 31.2 Å². The molecule has 0 unspecified atom stereocenters. The molecule has 1 spiro atoms. The summed E-state index contributed by atoms with van der Waals surface area (Å²) in [6.07, 6.45) is 1.42. The fraction of sp³-hybridized carbons (Fsp3) is 0.211. The minimum Gasteiger partial charge on any atom is -0.458 e. The van der Waals surface area contributed by atoms with Crippen molar-refractivity contribution in [2.45, 2.75) is 12.3 Å². The van der Waals surface area contributed by atoms with E-state index in [1.807, 2.05) is 6.07 Å². The summed E-state index contributed by atoms with van der Waals surface area (Å²) in [7, 11) is 1.54. The Morgan fingerprint density at radius 2 is 2.19 bits per heavy atom. The fourth-order valence-corrected chi connectivity index (χ4v) is 3.43. The second kappa shape index (κ2) is 6.08. The van der Waals surface area contributed by atoms with Gasteiger partial charge >= 0.3 is 5.97 Å². The predicted molar refractivity (Wildman–Crippen MR) is 92.2 cm³/mol. The lowest BCUT2D eigenvalue weighted by molar-refractivity contribution is -0.140. The molecule has 132 valence electrons. The zero-order chi connectivity index (χ0) is 19.1. The first-order valence-electron chi connectivity index (χ1n) is 7.86. The Morgan fingerprint density at radius 3 is 2.85 bits per heavy atom. The number of allylic oxidation sites excluding steroid dienone is 1. The third kappa shape index (κ3) is 2.05. The van der Waals surface area contributed by atoms with Crippen molar-refractivity contribution in [1.82, 2.24) is 4.90 Å². The highest BCUT2D eigenvalue weighted by atomic mass is 16.5. The Labute approximate surface area is 150 Å². The van der Waals surface area contributed by atoms with Crippen molar-refractivity contribution in [3.05, 3.63) is 65.2 Å². The largest absolute Gasteiger partial charge is 0.458 e. The van der Waals surface area contributed by atoms with E-state index in [1.165, 1.54) is 18.0 Å². The molecule has 1 amide bonds. The number of benzene rings is 1. The summed E-state index contributed by atoms with van der Waals surface area (Å²) in [6, 6.07) is 8.65. The number of carbonyl (C=O) groups is 2. The average molecular weight is 351 g/mol. The van der Waals surface area contributed by atoms with Gasteiger partial charge < -0.3 is 20.1 Å². The maximum atomic E-state index is 13.3. The first kappa shape index (κ1) is 17.3. The van der Waals surface area contributed by atoms with E-state index in [-0.39, 0.29) is 23.6 Å². The van der Waals surface area contributed by atoms with Gasteiger partial charge in [0, 0.05) is 18.3 Å². The highest BCUT2D eigenvalue weighted by Crippen LogP contribution is 2.53. The monoisotopic (exact) mass is 351 g/mol. The van der Waals surface area contributed by atoms with E-state index in [2.05, 4.69) is 6.58 Å². The van der Waals surface area contributed by atoms with Crippen LogP contribution in [0.1, 0.15) is 12.5 Å². The number of nitrogens with zero attached hydrogens (tertiary/aromatic N) is 2. The number of para-hydroxylation sites is 1. The number of amides is 1. The van der Waals surface area contributed by atoms with E-state index in [9.17, 15) is 14.9 Å². The molecular weight excluding hydrogens is 334 g/mol. The molecule has 7 heteroatoms. The number of nitriles is 1. The number of hydrogen-bond donors (Lipinski definition) is 1. The molecule has 3 rings (SSSR count). The van der Waals surface area contributed by atoms with Crippen LogP contribution < -0.4 is 10.5 Å². The number of nitrogens with two attached hydrogens (primary N) is 1. The van der Waals surface area contributed by atoms with Gasteiger partial charge in [-0.25, -0.2) is 4.79 Å². The number of likely N-dealkylation sites (N-methyl/N-ethyl adjacent to an activating group) is 1. The van der Waals surface area contributed by atoms with Crippen molar-refractivity contribution in [3.63, 3.8) is 0 Å². The van der Waals surface area contributed by atoms with Crippen LogP contribution in [0.15, 0.2) is 59.6 Å². The molecular formula is C19H17N3O4. The molecule has 2 heterocycles. The molecule has 2 aliphatic heterocycles. The van der Waals surface area contributed by atoms with Crippen LogP contribution in [0.5, 0.6) is 5.75 Å². The second-order valence-electron chi connectivity index (χ2n) is 5.91. The van der Waals surface area contributed by atoms with E-state index < -0.39 is 17.3 Å². The Kier molecular flexibility index (Phi) is 4.04. The number of carbonyl (C=O) groups excluding carboxylic acids is 2. The third-order valence-electron chi connectivity index (χ3n) is 4.65. The summed E-state index contributed by atoms with van der Waals surface area (Å²) in [5.41, 5.74) is 4.96. The van der Waals surface area contributed by atoms with Crippen LogP contribution >= 0.6 is 0 Å². The topological polar surface area (TPSA) is 106 Å². The molecule has 0 saturated heterocycles. The summed E-state index contributed by atoms with van der Waals surface area (Å²) in [6.45, 7) is 5.12. The maximum absolute atomic E-state index is 13.3. The molecule has 26 heavy (non-hydrogen) atoms. The van der Waals surface area contributed by atoms with Gasteiger partial charge in [0.05, 0.1) is 5.57 Å². The summed E-state index contributed by atoms with van der Waals surface area (Å²) in [5, 5.41) is 9.75. The van der Waals surface area contributed by atoms with Crippen LogP contribution in [0.2, 0.25) is 0 Å². The number of ether oxygens (including phenoxy) is 2. The number of esters is 1. The fourth-order valence-electron chi connectivity index (χ4n) is 3.43. The maximum Gasteiger partial charge on any atom is 0.337 e. The highest BCUT2D eigenvalue weighted by Gasteiger charge is 2.61. The Bertz CT molecular complexity index is 938. The van der Waals surface area contributed by atoms with Crippen molar-refractivity contribution in [2.24, 2.45) is 5.73 Å². The highest BCUT2D eigenvalue weighted by molar-refractivity contribution is 6.12. The molecule has 0 fully saturated rings. The van der Waals surface area contributed by atoms with Crippen molar-refractivity contribution >= 4 is 11.9 Å². The Hall–Kier alpha value is -3.53. The van der Waals surface area contributed by atoms with Crippen molar-refractivity contribution < 1.29 is 19.1 Å². The number of hydrogen-bond acceptors (Lipinski definition) is 6. The zero-order valence-electron chi connectivity index (χ0n) is 14.4. The molecule has 0 saturated carbocycles. The minimum atomic E-state index is -1.69. The van der Waals surface area contributed by atoms with Gasteiger partial charge in [0.2, 0.25) is 11.8 Å². The normalized spacial score (nSPS) is 21.4.